The molecule has 1 aromatic carbocycles. The molecule has 0 bridgehead atoms. The molecule has 23 heavy (non-hydrogen) atoms. The highest BCUT2D eigenvalue weighted by molar-refractivity contribution is 7.88. The zero-order valence-electron chi connectivity index (χ0n) is 13.1. The monoisotopic (exact) mass is 353 g/mol. The lowest BCUT2D eigenvalue weighted by molar-refractivity contribution is -0.120. The summed E-state index contributed by atoms with van der Waals surface area (Å²) in [6, 6.07) is 4.94. The number of thiazole rings is 1. The van der Waals surface area contributed by atoms with Crippen molar-refractivity contribution in [2.75, 3.05) is 18.1 Å². The first-order valence-electron chi connectivity index (χ1n) is 7.49. The molecule has 1 unspecified atom stereocenters. The van der Waals surface area contributed by atoms with Gasteiger partial charge in [0.2, 0.25) is 15.9 Å². The van der Waals surface area contributed by atoms with Crippen molar-refractivity contribution < 1.29 is 13.2 Å². The highest BCUT2D eigenvalue weighted by Gasteiger charge is 2.34. The summed E-state index contributed by atoms with van der Waals surface area (Å²) in [6.45, 7) is 2.34. The maximum absolute atomic E-state index is 12.5. The third kappa shape index (κ3) is 3.54. The van der Waals surface area contributed by atoms with E-state index in [1.54, 1.807) is 11.3 Å². The van der Waals surface area contributed by atoms with E-state index in [2.05, 4.69) is 10.3 Å². The SMILES string of the molecule is Cc1nc2cc(NC(=O)C3CCCCN3S(C)(=O)=O)ccc2s1. The molecule has 0 saturated carbocycles. The fraction of sp³-hybridized carbons (Fsp3) is 0.467. The molecular weight excluding hydrogens is 334 g/mol. The molecule has 124 valence electrons. The average molecular weight is 353 g/mol. The van der Waals surface area contributed by atoms with Crippen molar-refractivity contribution in [1.29, 1.82) is 0 Å². The van der Waals surface area contributed by atoms with Gasteiger partial charge in [0.1, 0.15) is 6.04 Å². The second kappa shape index (κ2) is 6.18. The van der Waals surface area contributed by atoms with E-state index in [0.29, 0.717) is 18.7 Å². The van der Waals surface area contributed by atoms with E-state index in [-0.39, 0.29) is 5.91 Å². The van der Waals surface area contributed by atoms with Gasteiger partial charge >= 0.3 is 0 Å². The summed E-state index contributed by atoms with van der Waals surface area (Å²) in [7, 11) is -3.38. The number of piperidine rings is 1. The zero-order valence-corrected chi connectivity index (χ0v) is 14.7. The maximum atomic E-state index is 12.5. The van der Waals surface area contributed by atoms with Crippen LogP contribution in [0.25, 0.3) is 10.2 Å². The second-order valence-electron chi connectivity index (χ2n) is 5.79. The molecule has 0 radical (unpaired) electrons. The van der Waals surface area contributed by atoms with Crippen LogP contribution in [-0.4, -0.2) is 42.5 Å². The van der Waals surface area contributed by atoms with E-state index in [0.717, 1.165) is 34.3 Å². The fourth-order valence-corrected chi connectivity index (χ4v) is 4.84. The maximum Gasteiger partial charge on any atom is 0.242 e. The predicted molar refractivity (Wildman–Crippen MR) is 92.2 cm³/mol. The summed E-state index contributed by atoms with van der Waals surface area (Å²) < 4.78 is 26.1. The van der Waals surface area contributed by atoms with E-state index in [1.165, 1.54) is 4.31 Å². The van der Waals surface area contributed by atoms with Gasteiger partial charge in [-0.2, -0.15) is 4.31 Å². The van der Waals surface area contributed by atoms with E-state index >= 15 is 0 Å². The molecule has 6 nitrogen and oxygen atoms in total. The number of hydrogen-bond acceptors (Lipinski definition) is 5. The molecule has 1 amide bonds. The van der Waals surface area contributed by atoms with E-state index in [1.807, 2.05) is 25.1 Å². The molecule has 1 atom stereocenters. The van der Waals surface area contributed by atoms with Crippen LogP contribution in [0.3, 0.4) is 0 Å². The van der Waals surface area contributed by atoms with Crippen LogP contribution in [0.5, 0.6) is 0 Å². The molecule has 1 aromatic heterocycles. The molecule has 1 N–H and O–H groups in total. The van der Waals surface area contributed by atoms with Gasteiger partial charge in [0.05, 0.1) is 21.5 Å². The van der Waals surface area contributed by atoms with Crippen molar-refractivity contribution in [3.05, 3.63) is 23.2 Å². The molecule has 2 heterocycles. The Morgan fingerprint density at radius 3 is 2.91 bits per heavy atom. The molecule has 1 saturated heterocycles. The van der Waals surface area contributed by atoms with Crippen molar-refractivity contribution in [3.63, 3.8) is 0 Å². The van der Waals surface area contributed by atoms with Crippen LogP contribution in [0.15, 0.2) is 18.2 Å². The van der Waals surface area contributed by atoms with Gasteiger partial charge in [0.25, 0.3) is 0 Å². The van der Waals surface area contributed by atoms with Gasteiger partial charge in [-0.3, -0.25) is 4.79 Å². The Balaban J connectivity index is 1.81. The van der Waals surface area contributed by atoms with Gasteiger partial charge in [0.15, 0.2) is 0 Å². The molecule has 0 aliphatic carbocycles. The minimum absolute atomic E-state index is 0.276. The van der Waals surface area contributed by atoms with E-state index < -0.39 is 16.1 Å². The van der Waals surface area contributed by atoms with Crippen LogP contribution in [0.2, 0.25) is 0 Å². The molecular formula is C15H19N3O3S2. The number of carbonyl (C=O) groups is 1. The zero-order chi connectivity index (χ0) is 16.6. The number of aryl methyl sites for hydroxylation is 1. The molecule has 1 aliphatic heterocycles. The Morgan fingerprint density at radius 2 is 2.17 bits per heavy atom. The number of nitrogens with one attached hydrogen (secondary N) is 1. The van der Waals surface area contributed by atoms with Crippen LogP contribution in [0, 0.1) is 6.92 Å². The Labute approximate surface area is 139 Å². The molecule has 3 rings (SSSR count). The van der Waals surface area contributed by atoms with Crippen LogP contribution in [0.1, 0.15) is 24.3 Å². The van der Waals surface area contributed by atoms with Crippen LogP contribution < -0.4 is 5.32 Å². The van der Waals surface area contributed by atoms with E-state index in [9.17, 15) is 13.2 Å². The first kappa shape index (κ1) is 16.4. The lowest BCUT2D eigenvalue weighted by Crippen LogP contribution is -2.49. The lowest BCUT2D eigenvalue weighted by Gasteiger charge is -2.32. The number of amides is 1. The third-order valence-corrected chi connectivity index (χ3v) is 6.19. The molecule has 1 fully saturated rings. The van der Waals surface area contributed by atoms with Gasteiger partial charge in [-0.05, 0) is 38.0 Å². The number of hydrogen-bond donors (Lipinski definition) is 1. The van der Waals surface area contributed by atoms with Crippen molar-refractivity contribution in [2.45, 2.75) is 32.2 Å². The summed E-state index contributed by atoms with van der Waals surface area (Å²) >= 11 is 1.60. The van der Waals surface area contributed by atoms with Gasteiger partial charge in [-0.1, -0.05) is 6.42 Å². The number of sulfonamides is 1. The Morgan fingerprint density at radius 1 is 1.39 bits per heavy atom. The van der Waals surface area contributed by atoms with Crippen molar-refractivity contribution in [3.8, 4) is 0 Å². The highest BCUT2D eigenvalue weighted by Crippen LogP contribution is 2.26. The summed E-state index contributed by atoms with van der Waals surface area (Å²) in [5.74, 6) is -0.276. The van der Waals surface area contributed by atoms with Crippen LogP contribution in [-0.2, 0) is 14.8 Å². The van der Waals surface area contributed by atoms with Crippen LogP contribution >= 0.6 is 11.3 Å². The van der Waals surface area contributed by atoms with Crippen molar-refractivity contribution >= 4 is 43.2 Å². The second-order valence-corrected chi connectivity index (χ2v) is 8.96. The number of carbonyl (C=O) groups excluding carboxylic acids is 1. The Hall–Kier alpha value is -1.51. The molecule has 8 heteroatoms. The summed E-state index contributed by atoms with van der Waals surface area (Å²) in [6.07, 6.45) is 3.36. The van der Waals surface area contributed by atoms with Crippen LogP contribution in [0.4, 0.5) is 5.69 Å². The summed E-state index contributed by atoms with van der Waals surface area (Å²) in [4.78, 5) is 16.9. The molecule has 1 aliphatic rings. The van der Waals surface area contributed by atoms with Crippen molar-refractivity contribution in [1.82, 2.24) is 9.29 Å². The van der Waals surface area contributed by atoms with Gasteiger partial charge < -0.3 is 5.32 Å². The topological polar surface area (TPSA) is 79.4 Å². The number of aromatic nitrogens is 1. The quantitative estimate of drug-likeness (QED) is 0.919. The van der Waals surface area contributed by atoms with E-state index in [4.69, 9.17) is 0 Å². The third-order valence-electron chi connectivity index (χ3n) is 3.94. The Kier molecular flexibility index (Phi) is 4.39. The average Bonchev–Trinajstić information content (AvgIpc) is 2.85. The Bertz CT molecular complexity index is 845. The summed E-state index contributed by atoms with van der Waals surface area (Å²) in [5.41, 5.74) is 1.49. The standard InChI is InChI=1S/C15H19N3O3S2/c1-10-16-12-9-11(6-7-14(12)22-10)17-15(19)13-5-3-4-8-18(13)23(2,20)21/h6-7,9,13H,3-5,8H2,1-2H3,(H,17,19). The molecule has 0 spiro atoms. The first-order valence-corrected chi connectivity index (χ1v) is 10.2. The number of benzene rings is 1. The predicted octanol–water partition coefficient (Wildman–Crippen LogP) is 2.36. The van der Waals surface area contributed by atoms with Gasteiger partial charge in [0, 0.05) is 12.2 Å². The molecule has 2 aromatic rings. The fourth-order valence-electron chi connectivity index (χ4n) is 2.91. The lowest BCUT2D eigenvalue weighted by atomic mass is 10.0. The van der Waals surface area contributed by atoms with Crippen molar-refractivity contribution in [2.24, 2.45) is 0 Å². The number of nitrogens with zero attached hydrogens (tertiary/aromatic N) is 2. The first-order chi connectivity index (χ1) is 10.8. The minimum Gasteiger partial charge on any atom is -0.325 e. The normalized spacial score (nSPS) is 19.8. The minimum atomic E-state index is -3.38. The number of anilines is 1. The number of rotatable bonds is 3. The van der Waals surface area contributed by atoms with Gasteiger partial charge in [-0.25, -0.2) is 13.4 Å². The highest BCUT2D eigenvalue weighted by atomic mass is 32.2. The van der Waals surface area contributed by atoms with Gasteiger partial charge in [-0.15, -0.1) is 11.3 Å². The smallest absolute Gasteiger partial charge is 0.242 e. The summed E-state index contributed by atoms with van der Waals surface area (Å²) in [5, 5.41) is 3.81. The number of fused-ring (bicyclic) bond motifs is 1. The largest absolute Gasteiger partial charge is 0.325 e.